The van der Waals surface area contributed by atoms with Crippen LogP contribution in [0.15, 0.2) is 29.2 Å². The van der Waals surface area contributed by atoms with Gasteiger partial charge in [-0.3, -0.25) is 9.13 Å². The number of aromatic nitrogens is 4. The summed E-state index contributed by atoms with van der Waals surface area (Å²) in [6.07, 6.45) is 0.542. The van der Waals surface area contributed by atoms with E-state index in [0.29, 0.717) is 34.9 Å². The molecule has 1 fully saturated rings. The molecule has 0 amide bonds. The number of aliphatic hydroxyl groups excluding tert-OH is 1. The average Bonchev–Trinajstić information content (AvgIpc) is 3.03. The first-order valence-electron chi connectivity index (χ1n) is 11.9. The lowest BCUT2D eigenvalue weighted by Crippen LogP contribution is -2.40. The highest BCUT2D eigenvalue weighted by atomic mass is 35.5. The van der Waals surface area contributed by atoms with Crippen LogP contribution in [0.25, 0.3) is 11.0 Å². The summed E-state index contributed by atoms with van der Waals surface area (Å²) in [6, 6.07) is 5.31. The van der Waals surface area contributed by atoms with Crippen LogP contribution < -0.4 is 15.9 Å². The van der Waals surface area contributed by atoms with E-state index in [-0.39, 0.29) is 49.7 Å². The number of halogens is 3. The summed E-state index contributed by atoms with van der Waals surface area (Å²) in [6.45, 7) is 5.67. The summed E-state index contributed by atoms with van der Waals surface area (Å²) < 4.78 is 30.2. The summed E-state index contributed by atoms with van der Waals surface area (Å²) in [4.78, 5) is 23.5. The molecule has 0 unspecified atom stereocenters. The molecule has 36 heavy (non-hydrogen) atoms. The normalized spacial score (nSPS) is 16.9. The number of benzene rings is 1. The highest BCUT2D eigenvalue weighted by Gasteiger charge is 2.35. The first-order chi connectivity index (χ1) is 16.8. The quantitative estimate of drug-likeness (QED) is 0.411. The molecule has 1 aliphatic rings. The van der Waals surface area contributed by atoms with Gasteiger partial charge in [-0.1, -0.05) is 11.6 Å². The van der Waals surface area contributed by atoms with Gasteiger partial charge in [-0.25, -0.2) is 18.6 Å². The van der Waals surface area contributed by atoms with Gasteiger partial charge in [0.05, 0.1) is 35.5 Å². The van der Waals surface area contributed by atoms with Crippen LogP contribution in [0, 0.1) is 0 Å². The second-order valence-corrected chi connectivity index (χ2v) is 10.4. The van der Waals surface area contributed by atoms with Crippen LogP contribution in [-0.2, 0) is 13.1 Å². The van der Waals surface area contributed by atoms with Gasteiger partial charge in [-0.2, -0.15) is 4.98 Å². The number of nitrogens with one attached hydrogen (secondary N) is 1. The third kappa shape index (κ3) is 5.96. The van der Waals surface area contributed by atoms with Crippen LogP contribution in [0.2, 0.25) is 5.02 Å². The topological polar surface area (TPSA) is 108 Å². The number of alkyl halides is 2. The Morgan fingerprint density at radius 2 is 1.92 bits per heavy atom. The predicted octanol–water partition coefficient (Wildman–Crippen LogP) is 3.77. The van der Waals surface area contributed by atoms with Gasteiger partial charge in [0.25, 0.3) is 5.92 Å². The van der Waals surface area contributed by atoms with E-state index in [4.69, 9.17) is 11.6 Å². The number of anilines is 3. The molecule has 196 valence electrons. The van der Waals surface area contributed by atoms with Crippen LogP contribution in [0.4, 0.5) is 26.2 Å². The Morgan fingerprint density at radius 3 is 2.56 bits per heavy atom. The van der Waals surface area contributed by atoms with E-state index >= 15 is 0 Å². The van der Waals surface area contributed by atoms with Gasteiger partial charge in [0, 0.05) is 38.2 Å². The molecule has 0 bridgehead atoms. The van der Waals surface area contributed by atoms with Gasteiger partial charge < -0.3 is 20.4 Å². The fourth-order valence-corrected chi connectivity index (χ4v) is 4.35. The first-order valence-corrected chi connectivity index (χ1v) is 12.3. The minimum atomic E-state index is -2.68. The van der Waals surface area contributed by atoms with Gasteiger partial charge in [0.15, 0.2) is 5.82 Å². The number of rotatable bonds is 8. The number of hydrogen-bond donors (Lipinski definition) is 3. The molecule has 2 aromatic heterocycles. The monoisotopic (exact) mass is 524 g/mol. The molecule has 1 aliphatic heterocycles. The Morgan fingerprint density at radius 1 is 1.22 bits per heavy atom. The molecule has 3 heterocycles. The SMILES string of the molecule is C[C@@H](O)Cn1c(=O)n(CCC(C)(C)O)c2cc(Nc3nc(N4CCC(F)(F)CC4)ncc3Cl)ccc21. The Hall–Kier alpha value is -2.76. The van der Waals surface area contributed by atoms with Crippen molar-refractivity contribution in [3.63, 3.8) is 0 Å². The third-order valence-electron chi connectivity index (χ3n) is 6.18. The largest absolute Gasteiger partial charge is 0.392 e. The second kappa shape index (κ2) is 9.95. The summed E-state index contributed by atoms with van der Waals surface area (Å²) in [5.74, 6) is -2.05. The van der Waals surface area contributed by atoms with E-state index in [1.165, 1.54) is 10.8 Å². The number of aliphatic hydroxyl groups is 2. The van der Waals surface area contributed by atoms with E-state index in [9.17, 15) is 23.8 Å². The lowest BCUT2D eigenvalue weighted by molar-refractivity contribution is -0.0222. The minimum Gasteiger partial charge on any atom is -0.392 e. The van der Waals surface area contributed by atoms with Crippen molar-refractivity contribution in [2.24, 2.45) is 0 Å². The van der Waals surface area contributed by atoms with E-state index in [1.54, 1.807) is 48.4 Å². The van der Waals surface area contributed by atoms with Crippen molar-refractivity contribution in [1.82, 2.24) is 19.1 Å². The van der Waals surface area contributed by atoms with Crippen LogP contribution in [-0.4, -0.2) is 60.0 Å². The van der Waals surface area contributed by atoms with Gasteiger partial charge >= 0.3 is 5.69 Å². The lowest BCUT2D eigenvalue weighted by Gasteiger charge is -2.31. The van der Waals surface area contributed by atoms with Crippen LogP contribution in [0.1, 0.15) is 40.0 Å². The Balaban J connectivity index is 1.66. The maximum atomic E-state index is 13.6. The molecule has 1 atom stereocenters. The molecule has 3 N–H and O–H groups in total. The van der Waals surface area contributed by atoms with Crippen molar-refractivity contribution >= 4 is 40.1 Å². The lowest BCUT2D eigenvalue weighted by atomic mass is 10.1. The van der Waals surface area contributed by atoms with Crippen molar-refractivity contribution in [2.75, 3.05) is 23.3 Å². The highest BCUT2D eigenvalue weighted by molar-refractivity contribution is 6.32. The molecule has 0 spiro atoms. The van der Waals surface area contributed by atoms with E-state index in [2.05, 4.69) is 15.3 Å². The van der Waals surface area contributed by atoms with Crippen molar-refractivity contribution in [1.29, 1.82) is 0 Å². The number of aryl methyl sites for hydroxylation is 1. The molecule has 1 aromatic carbocycles. The second-order valence-electron chi connectivity index (χ2n) is 9.99. The molecule has 9 nitrogen and oxygen atoms in total. The van der Waals surface area contributed by atoms with Crippen LogP contribution in [0.5, 0.6) is 0 Å². The third-order valence-corrected chi connectivity index (χ3v) is 6.46. The van der Waals surface area contributed by atoms with Crippen molar-refractivity contribution in [3.05, 3.63) is 39.9 Å². The number of fused-ring (bicyclic) bond motifs is 1. The number of piperidine rings is 1. The molecule has 1 saturated heterocycles. The Labute approximate surface area is 212 Å². The number of hydrogen-bond acceptors (Lipinski definition) is 7. The maximum Gasteiger partial charge on any atom is 0.329 e. The fourth-order valence-electron chi connectivity index (χ4n) is 4.21. The molecule has 0 saturated carbocycles. The van der Waals surface area contributed by atoms with E-state index in [1.807, 2.05) is 0 Å². The molecular formula is C24H31ClF2N6O3. The molecule has 4 rings (SSSR count). The maximum absolute atomic E-state index is 13.6. The van der Waals surface area contributed by atoms with Crippen molar-refractivity contribution < 1.29 is 19.0 Å². The molecule has 3 aromatic rings. The molecule has 0 aliphatic carbocycles. The number of nitrogens with zero attached hydrogens (tertiary/aromatic N) is 5. The van der Waals surface area contributed by atoms with Gasteiger partial charge in [-0.05, 0) is 45.4 Å². The van der Waals surface area contributed by atoms with Crippen LogP contribution in [0.3, 0.4) is 0 Å². The summed E-state index contributed by atoms with van der Waals surface area (Å²) in [5.41, 5.74) is 0.628. The smallest absolute Gasteiger partial charge is 0.329 e. The first kappa shape index (κ1) is 26.3. The Bertz CT molecular complexity index is 1290. The molecular weight excluding hydrogens is 494 g/mol. The predicted molar refractivity (Wildman–Crippen MR) is 136 cm³/mol. The van der Waals surface area contributed by atoms with Gasteiger partial charge in [-0.15, -0.1) is 0 Å². The molecule has 0 radical (unpaired) electrons. The van der Waals surface area contributed by atoms with Crippen molar-refractivity contribution in [3.8, 4) is 0 Å². The highest BCUT2D eigenvalue weighted by Crippen LogP contribution is 2.31. The van der Waals surface area contributed by atoms with E-state index < -0.39 is 17.6 Å². The van der Waals surface area contributed by atoms with Gasteiger partial charge in [0.1, 0.15) is 5.02 Å². The van der Waals surface area contributed by atoms with Crippen LogP contribution >= 0.6 is 11.6 Å². The molecule has 12 heteroatoms. The van der Waals surface area contributed by atoms with Crippen molar-refractivity contribution in [2.45, 2.75) is 70.8 Å². The fraction of sp³-hybridized carbons (Fsp3) is 0.542. The zero-order chi connectivity index (χ0) is 26.3. The zero-order valence-corrected chi connectivity index (χ0v) is 21.3. The Kier molecular flexibility index (Phi) is 7.27. The number of imidazole rings is 1. The average molecular weight is 525 g/mol. The summed E-state index contributed by atoms with van der Waals surface area (Å²) in [5, 5.41) is 23.5. The standard InChI is InChI=1S/C24H31ClF2N6O3/c1-15(34)14-33-18-5-4-16(12-19(18)32(22(33)35)11-6-23(2,3)36)29-20-17(25)13-28-21(30-20)31-9-7-24(26,27)8-10-31/h4-5,12-13,15,34,36H,6-11,14H2,1-3H3,(H,28,29,30)/t15-/m1/s1. The van der Waals surface area contributed by atoms with Gasteiger partial charge in [0.2, 0.25) is 5.95 Å². The summed E-state index contributed by atoms with van der Waals surface area (Å²) >= 11 is 6.33. The summed E-state index contributed by atoms with van der Waals surface area (Å²) in [7, 11) is 0. The minimum absolute atomic E-state index is 0.133. The zero-order valence-electron chi connectivity index (χ0n) is 20.5. The van der Waals surface area contributed by atoms with E-state index in [0.717, 1.165) is 0 Å².